The lowest BCUT2D eigenvalue weighted by molar-refractivity contribution is 0.230. The van der Waals surface area contributed by atoms with Gasteiger partial charge in [0.05, 0.1) is 0 Å². The van der Waals surface area contributed by atoms with E-state index in [0.29, 0.717) is 6.04 Å². The maximum absolute atomic E-state index is 5.78. The number of rotatable bonds is 9. The summed E-state index contributed by atoms with van der Waals surface area (Å²) in [7, 11) is 2.26. The molecule has 1 saturated heterocycles. The quantitative estimate of drug-likeness (QED) is 0.685. The largest absolute Gasteiger partial charge is 0.328 e. The van der Waals surface area contributed by atoms with Gasteiger partial charge in [0, 0.05) is 25.7 Å². The van der Waals surface area contributed by atoms with E-state index in [1.807, 2.05) is 0 Å². The Balaban J connectivity index is 2.01. The average molecular weight is 255 g/mol. The van der Waals surface area contributed by atoms with Gasteiger partial charge in [0.25, 0.3) is 0 Å². The molecule has 0 aromatic rings. The van der Waals surface area contributed by atoms with Crippen LogP contribution in [-0.4, -0.2) is 55.6 Å². The molecule has 0 aromatic carbocycles. The van der Waals surface area contributed by atoms with Crippen molar-refractivity contribution in [3.05, 3.63) is 0 Å². The zero-order chi connectivity index (χ0) is 13.4. The highest BCUT2D eigenvalue weighted by Crippen LogP contribution is 2.11. The first-order valence-corrected chi connectivity index (χ1v) is 7.74. The summed E-state index contributed by atoms with van der Waals surface area (Å²) >= 11 is 0. The minimum Gasteiger partial charge on any atom is -0.328 e. The van der Waals surface area contributed by atoms with Gasteiger partial charge in [-0.2, -0.15) is 0 Å². The number of hydrogen-bond donors (Lipinski definition) is 1. The molecule has 3 heteroatoms. The van der Waals surface area contributed by atoms with E-state index >= 15 is 0 Å². The van der Waals surface area contributed by atoms with Crippen molar-refractivity contribution in [3.8, 4) is 0 Å². The zero-order valence-corrected chi connectivity index (χ0v) is 12.7. The van der Waals surface area contributed by atoms with E-state index in [9.17, 15) is 0 Å². The van der Waals surface area contributed by atoms with E-state index in [4.69, 9.17) is 5.73 Å². The predicted molar refractivity (Wildman–Crippen MR) is 79.8 cm³/mol. The molecule has 0 aromatic heterocycles. The number of likely N-dealkylation sites (N-methyl/N-ethyl adjacent to an activating group) is 1. The summed E-state index contributed by atoms with van der Waals surface area (Å²) in [4.78, 5) is 5.09. The molecule has 0 radical (unpaired) electrons. The fourth-order valence-corrected chi connectivity index (χ4v) is 2.82. The summed E-state index contributed by atoms with van der Waals surface area (Å²) in [5.74, 6) is 0.798. The first-order valence-electron chi connectivity index (χ1n) is 7.74. The molecule has 3 nitrogen and oxygen atoms in total. The molecule has 1 aliphatic rings. The number of likely N-dealkylation sites (tertiary alicyclic amines) is 1. The Morgan fingerprint density at radius 1 is 1.17 bits per heavy atom. The van der Waals surface area contributed by atoms with Gasteiger partial charge in [-0.3, -0.25) is 0 Å². The second kappa shape index (κ2) is 8.89. The van der Waals surface area contributed by atoms with Crippen molar-refractivity contribution in [2.45, 2.75) is 52.0 Å². The maximum Gasteiger partial charge on any atom is 0.0109 e. The lowest BCUT2D eigenvalue weighted by atomic mass is 10.0. The number of nitrogens with two attached hydrogens (primary N) is 1. The molecule has 0 aliphatic carbocycles. The summed E-state index contributed by atoms with van der Waals surface area (Å²) in [6.07, 6.45) is 6.56. The second-order valence-corrected chi connectivity index (χ2v) is 6.32. The van der Waals surface area contributed by atoms with Crippen LogP contribution in [0, 0.1) is 5.92 Å². The van der Waals surface area contributed by atoms with Crippen LogP contribution in [0.2, 0.25) is 0 Å². The van der Waals surface area contributed by atoms with Gasteiger partial charge in [-0.25, -0.2) is 0 Å². The Hall–Kier alpha value is -0.120. The normalized spacial score (nSPS) is 20.5. The first kappa shape index (κ1) is 15.9. The smallest absolute Gasteiger partial charge is 0.0109 e. The molecular weight excluding hydrogens is 222 g/mol. The third-order valence-electron chi connectivity index (χ3n) is 3.98. The Morgan fingerprint density at radius 2 is 1.83 bits per heavy atom. The lowest BCUT2D eigenvalue weighted by Gasteiger charge is -2.24. The van der Waals surface area contributed by atoms with Gasteiger partial charge in [0.15, 0.2) is 0 Å². The SMILES string of the molecule is CC(N)CCCC(C)CN(C)CCN1CCCC1. The van der Waals surface area contributed by atoms with Gasteiger partial charge >= 0.3 is 0 Å². The molecule has 2 unspecified atom stereocenters. The van der Waals surface area contributed by atoms with Gasteiger partial charge in [0.1, 0.15) is 0 Å². The molecule has 0 spiro atoms. The van der Waals surface area contributed by atoms with Crippen molar-refractivity contribution in [1.82, 2.24) is 9.80 Å². The molecule has 1 heterocycles. The van der Waals surface area contributed by atoms with Crippen LogP contribution in [0.15, 0.2) is 0 Å². The van der Waals surface area contributed by atoms with E-state index in [-0.39, 0.29) is 0 Å². The van der Waals surface area contributed by atoms with Gasteiger partial charge < -0.3 is 15.5 Å². The molecule has 1 fully saturated rings. The van der Waals surface area contributed by atoms with Crippen molar-refractivity contribution in [2.24, 2.45) is 11.7 Å². The molecule has 108 valence electrons. The van der Waals surface area contributed by atoms with Crippen LogP contribution in [0.3, 0.4) is 0 Å². The van der Waals surface area contributed by atoms with Crippen molar-refractivity contribution in [2.75, 3.05) is 39.8 Å². The van der Waals surface area contributed by atoms with Gasteiger partial charge in [-0.1, -0.05) is 13.3 Å². The van der Waals surface area contributed by atoms with E-state index in [1.165, 1.54) is 64.8 Å². The summed E-state index contributed by atoms with van der Waals surface area (Å²) in [6.45, 7) is 10.8. The minimum absolute atomic E-state index is 0.366. The molecule has 0 bridgehead atoms. The summed E-state index contributed by atoms with van der Waals surface area (Å²) in [5, 5.41) is 0. The monoisotopic (exact) mass is 255 g/mol. The molecule has 0 amide bonds. The van der Waals surface area contributed by atoms with Gasteiger partial charge in [-0.05, 0) is 58.7 Å². The van der Waals surface area contributed by atoms with Crippen molar-refractivity contribution in [1.29, 1.82) is 0 Å². The third-order valence-corrected chi connectivity index (χ3v) is 3.98. The van der Waals surface area contributed by atoms with Crippen LogP contribution >= 0.6 is 0 Å². The first-order chi connectivity index (χ1) is 8.58. The summed E-state index contributed by atoms with van der Waals surface area (Å²) in [5.41, 5.74) is 5.78. The third kappa shape index (κ3) is 7.34. The molecular formula is C15H33N3. The fourth-order valence-electron chi connectivity index (χ4n) is 2.82. The van der Waals surface area contributed by atoms with E-state index < -0.39 is 0 Å². The standard InChI is InChI=1S/C15H33N3/c1-14(7-6-8-15(2)16)13-17(3)11-12-18-9-4-5-10-18/h14-15H,4-13,16H2,1-3H3. The maximum atomic E-state index is 5.78. The predicted octanol–water partition coefficient (Wildman–Crippen LogP) is 2.17. The van der Waals surface area contributed by atoms with Crippen LogP contribution in [0.5, 0.6) is 0 Å². The zero-order valence-electron chi connectivity index (χ0n) is 12.7. The van der Waals surface area contributed by atoms with Crippen LogP contribution in [0.4, 0.5) is 0 Å². The molecule has 18 heavy (non-hydrogen) atoms. The van der Waals surface area contributed by atoms with Crippen LogP contribution in [0.1, 0.15) is 46.0 Å². The highest BCUT2D eigenvalue weighted by atomic mass is 15.2. The Morgan fingerprint density at radius 3 is 2.44 bits per heavy atom. The van der Waals surface area contributed by atoms with E-state index in [1.54, 1.807) is 0 Å². The Kier molecular flexibility index (Phi) is 7.87. The molecule has 2 atom stereocenters. The summed E-state index contributed by atoms with van der Waals surface area (Å²) < 4.78 is 0. The molecule has 0 saturated carbocycles. The van der Waals surface area contributed by atoms with E-state index in [2.05, 4.69) is 30.7 Å². The van der Waals surface area contributed by atoms with Gasteiger partial charge in [-0.15, -0.1) is 0 Å². The van der Waals surface area contributed by atoms with Crippen LogP contribution in [0.25, 0.3) is 0 Å². The van der Waals surface area contributed by atoms with Crippen molar-refractivity contribution in [3.63, 3.8) is 0 Å². The summed E-state index contributed by atoms with van der Waals surface area (Å²) in [6, 6.07) is 0.366. The van der Waals surface area contributed by atoms with Crippen molar-refractivity contribution < 1.29 is 0 Å². The Bertz CT molecular complexity index is 200. The lowest BCUT2D eigenvalue weighted by Crippen LogP contribution is -2.33. The highest BCUT2D eigenvalue weighted by molar-refractivity contribution is 4.68. The number of nitrogens with zero attached hydrogens (tertiary/aromatic N) is 2. The number of hydrogen-bond acceptors (Lipinski definition) is 3. The highest BCUT2D eigenvalue weighted by Gasteiger charge is 2.12. The fraction of sp³-hybridized carbons (Fsp3) is 1.00. The molecule has 1 aliphatic heterocycles. The molecule has 2 N–H and O–H groups in total. The molecule has 1 rings (SSSR count). The second-order valence-electron chi connectivity index (χ2n) is 6.32. The topological polar surface area (TPSA) is 32.5 Å². The van der Waals surface area contributed by atoms with Crippen LogP contribution in [-0.2, 0) is 0 Å². The van der Waals surface area contributed by atoms with E-state index in [0.717, 1.165) is 5.92 Å². The van der Waals surface area contributed by atoms with Crippen LogP contribution < -0.4 is 5.73 Å². The Labute approximate surface area is 114 Å². The van der Waals surface area contributed by atoms with Gasteiger partial charge in [0.2, 0.25) is 0 Å². The average Bonchev–Trinajstić information content (AvgIpc) is 2.78. The van der Waals surface area contributed by atoms with Crippen molar-refractivity contribution >= 4 is 0 Å². The minimum atomic E-state index is 0.366.